The number of carbonyl (C=O) groups excluding carboxylic acids is 1. The molecule has 0 aliphatic carbocycles. The molecule has 1 unspecified atom stereocenters. The molecule has 0 aromatic carbocycles. The minimum Gasteiger partial charge on any atom is -0.467 e. The number of hydrogen-bond donors (Lipinski definition) is 0. The van der Waals surface area contributed by atoms with E-state index in [1.165, 1.54) is 7.11 Å². The molecule has 1 aromatic rings. The van der Waals surface area contributed by atoms with E-state index in [9.17, 15) is 4.79 Å². The molecule has 6 nitrogen and oxygen atoms in total. The number of aromatic nitrogens is 2. The Balaban J connectivity index is 2.33. The van der Waals surface area contributed by atoms with Gasteiger partial charge in [0.2, 0.25) is 0 Å². The van der Waals surface area contributed by atoms with Crippen molar-refractivity contribution in [3.05, 3.63) is 16.4 Å². The van der Waals surface area contributed by atoms with E-state index < -0.39 is 12.0 Å². The first-order valence-electron chi connectivity index (χ1n) is 5.24. The van der Waals surface area contributed by atoms with Crippen LogP contribution in [-0.4, -0.2) is 49.1 Å². The SMILES string of the molecule is COC(=O)C1COCCN1c1cc(Cl)nnc1Cl. The Hall–Kier alpha value is -1.11. The first-order chi connectivity index (χ1) is 8.63. The largest absolute Gasteiger partial charge is 0.467 e. The topological polar surface area (TPSA) is 64.6 Å². The fourth-order valence-corrected chi connectivity index (χ4v) is 2.11. The predicted molar refractivity (Wildman–Crippen MR) is 66.0 cm³/mol. The van der Waals surface area contributed by atoms with Crippen LogP contribution in [0, 0.1) is 0 Å². The van der Waals surface area contributed by atoms with Crippen LogP contribution in [0.1, 0.15) is 0 Å². The van der Waals surface area contributed by atoms with Crippen LogP contribution in [0.25, 0.3) is 0 Å². The summed E-state index contributed by atoms with van der Waals surface area (Å²) in [6.07, 6.45) is 0. The van der Waals surface area contributed by atoms with Crippen LogP contribution in [0.3, 0.4) is 0 Å². The lowest BCUT2D eigenvalue weighted by molar-refractivity contribution is -0.144. The molecule has 18 heavy (non-hydrogen) atoms. The van der Waals surface area contributed by atoms with Crippen LogP contribution in [-0.2, 0) is 14.3 Å². The molecule has 1 saturated heterocycles. The van der Waals surface area contributed by atoms with Crippen molar-refractivity contribution in [1.82, 2.24) is 10.2 Å². The van der Waals surface area contributed by atoms with E-state index in [1.54, 1.807) is 11.0 Å². The molecule has 1 aliphatic rings. The lowest BCUT2D eigenvalue weighted by Crippen LogP contribution is -2.50. The maximum Gasteiger partial charge on any atom is 0.330 e. The number of hydrogen-bond acceptors (Lipinski definition) is 6. The second kappa shape index (κ2) is 5.69. The van der Waals surface area contributed by atoms with Gasteiger partial charge in [-0.15, -0.1) is 10.2 Å². The van der Waals surface area contributed by atoms with E-state index in [0.717, 1.165) is 0 Å². The molecule has 2 heterocycles. The summed E-state index contributed by atoms with van der Waals surface area (Å²) in [6, 6.07) is 1.01. The number of esters is 1. The summed E-state index contributed by atoms with van der Waals surface area (Å²) in [5, 5.41) is 7.76. The van der Waals surface area contributed by atoms with Crippen molar-refractivity contribution in [2.75, 3.05) is 31.8 Å². The number of morpholine rings is 1. The Labute approximate surface area is 114 Å². The second-order valence-electron chi connectivity index (χ2n) is 3.65. The van der Waals surface area contributed by atoms with Crippen LogP contribution in [0.5, 0.6) is 0 Å². The highest BCUT2D eigenvalue weighted by atomic mass is 35.5. The Morgan fingerprint density at radius 2 is 2.33 bits per heavy atom. The highest BCUT2D eigenvalue weighted by molar-refractivity contribution is 6.33. The standard InChI is InChI=1S/C10H11Cl2N3O3/c1-17-10(16)7-5-18-3-2-15(7)6-4-8(11)13-14-9(6)12/h4,7H,2-3,5H2,1H3. The maximum atomic E-state index is 11.7. The highest BCUT2D eigenvalue weighted by Gasteiger charge is 2.32. The molecule has 98 valence electrons. The van der Waals surface area contributed by atoms with Gasteiger partial charge in [-0.3, -0.25) is 0 Å². The van der Waals surface area contributed by atoms with Crippen LogP contribution in [0.4, 0.5) is 5.69 Å². The second-order valence-corrected chi connectivity index (χ2v) is 4.40. The Kier molecular flexibility index (Phi) is 4.21. The molecule has 1 fully saturated rings. The zero-order valence-corrected chi connectivity index (χ0v) is 11.1. The van der Waals surface area contributed by atoms with Gasteiger partial charge in [-0.1, -0.05) is 23.2 Å². The van der Waals surface area contributed by atoms with Crippen LogP contribution in [0.15, 0.2) is 6.07 Å². The fraction of sp³-hybridized carbons (Fsp3) is 0.500. The van der Waals surface area contributed by atoms with Gasteiger partial charge in [-0.2, -0.15) is 0 Å². The molecular weight excluding hydrogens is 281 g/mol. The van der Waals surface area contributed by atoms with E-state index in [2.05, 4.69) is 10.2 Å². The molecule has 1 aromatic heterocycles. The molecule has 0 spiro atoms. The summed E-state index contributed by atoms with van der Waals surface area (Å²) in [6.45, 7) is 1.23. The lowest BCUT2D eigenvalue weighted by atomic mass is 10.2. The van der Waals surface area contributed by atoms with Crippen molar-refractivity contribution in [2.24, 2.45) is 0 Å². The van der Waals surface area contributed by atoms with Gasteiger partial charge in [0, 0.05) is 12.6 Å². The predicted octanol–water partition coefficient (Wildman–Crippen LogP) is 1.16. The zero-order chi connectivity index (χ0) is 13.1. The normalized spacial score (nSPS) is 19.7. The van der Waals surface area contributed by atoms with E-state index in [0.29, 0.717) is 18.8 Å². The maximum absolute atomic E-state index is 11.7. The van der Waals surface area contributed by atoms with Gasteiger partial charge in [-0.05, 0) is 0 Å². The monoisotopic (exact) mass is 291 g/mol. The van der Waals surface area contributed by atoms with Crippen LogP contribution >= 0.6 is 23.2 Å². The fourth-order valence-electron chi connectivity index (χ4n) is 1.77. The van der Waals surface area contributed by atoms with Crippen molar-refractivity contribution >= 4 is 34.9 Å². The Morgan fingerprint density at radius 3 is 3.06 bits per heavy atom. The van der Waals surface area contributed by atoms with Crippen molar-refractivity contribution in [3.63, 3.8) is 0 Å². The summed E-state index contributed by atoms with van der Waals surface area (Å²) in [5.41, 5.74) is 0.551. The number of halogens is 2. The number of rotatable bonds is 2. The number of ether oxygens (including phenoxy) is 2. The summed E-state index contributed by atoms with van der Waals surface area (Å²) < 4.78 is 10.0. The van der Waals surface area contributed by atoms with Gasteiger partial charge in [0.15, 0.2) is 16.3 Å². The molecular formula is C10H11Cl2N3O3. The quantitative estimate of drug-likeness (QED) is 0.762. The third-order valence-corrected chi connectivity index (χ3v) is 3.07. The van der Waals surface area contributed by atoms with E-state index in [4.69, 9.17) is 32.7 Å². The summed E-state index contributed by atoms with van der Waals surface area (Å²) >= 11 is 11.8. The van der Waals surface area contributed by atoms with E-state index >= 15 is 0 Å². The highest BCUT2D eigenvalue weighted by Crippen LogP contribution is 2.28. The summed E-state index contributed by atoms with van der Waals surface area (Å²) in [4.78, 5) is 13.5. The smallest absolute Gasteiger partial charge is 0.330 e. The molecule has 1 atom stereocenters. The first kappa shape index (κ1) is 13.3. The third-order valence-electron chi connectivity index (χ3n) is 2.61. The average molecular weight is 292 g/mol. The minimum atomic E-state index is -0.554. The molecule has 0 bridgehead atoms. The summed E-state index contributed by atoms with van der Waals surface area (Å²) in [5.74, 6) is -0.390. The molecule has 0 saturated carbocycles. The third kappa shape index (κ3) is 2.66. The van der Waals surface area contributed by atoms with Gasteiger partial charge < -0.3 is 14.4 Å². The van der Waals surface area contributed by atoms with Gasteiger partial charge in [0.05, 0.1) is 26.0 Å². The van der Waals surface area contributed by atoms with Gasteiger partial charge >= 0.3 is 5.97 Å². The molecule has 8 heteroatoms. The first-order valence-corrected chi connectivity index (χ1v) is 6.00. The Bertz CT molecular complexity index is 458. The van der Waals surface area contributed by atoms with E-state index in [-0.39, 0.29) is 16.9 Å². The number of anilines is 1. The Morgan fingerprint density at radius 1 is 1.56 bits per heavy atom. The number of nitrogens with zero attached hydrogens (tertiary/aromatic N) is 3. The van der Waals surface area contributed by atoms with Crippen LogP contribution < -0.4 is 4.90 Å². The number of carbonyl (C=O) groups is 1. The van der Waals surface area contributed by atoms with Gasteiger partial charge in [0.25, 0.3) is 0 Å². The van der Waals surface area contributed by atoms with E-state index in [1.807, 2.05) is 0 Å². The molecule has 0 N–H and O–H groups in total. The molecule has 1 aliphatic heterocycles. The summed E-state index contributed by atoms with van der Waals surface area (Å²) in [7, 11) is 1.33. The van der Waals surface area contributed by atoms with Crippen molar-refractivity contribution in [3.8, 4) is 0 Å². The number of methoxy groups -OCH3 is 1. The average Bonchev–Trinajstić information content (AvgIpc) is 2.40. The lowest BCUT2D eigenvalue weighted by Gasteiger charge is -2.35. The van der Waals surface area contributed by atoms with Crippen LogP contribution in [0.2, 0.25) is 10.3 Å². The van der Waals surface area contributed by atoms with Crippen molar-refractivity contribution < 1.29 is 14.3 Å². The van der Waals surface area contributed by atoms with Gasteiger partial charge in [0.1, 0.15) is 0 Å². The van der Waals surface area contributed by atoms with Crippen molar-refractivity contribution in [2.45, 2.75) is 6.04 Å². The van der Waals surface area contributed by atoms with Gasteiger partial charge in [-0.25, -0.2) is 4.79 Å². The molecule has 2 rings (SSSR count). The molecule has 0 radical (unpaired) electrons. The minimum absolute atomic E-state index is 0.190. The van der Waals surface area contributed by atoms with Crippen molar-refractivity contribution in [1.29, 1.82) is 0 Å². The zero-order valence-electron chi connectivity index (χ0n) is 9.60. The molecule has 0 amide bonds.